The molecule has 6 nitrogen and oxygen atoms in total. The van der Waals surface area contributed by atoms with Crippen LogP contribution >= 0.6 is 0 Å². The molecule has 0 N–H and O–H groups in total. The summed E-state index contributed by atoms with van der Waals surface area (Å²) in [4.78, 5) is 27.2. The fourth-order valence-corrected chi connectivity index (χ4v) is 4.48. The smallest absolute Gasteiger partial charge is 0.269 e. The van der Waals surface area contributed by atoms with Crippen molar-refractivity contribution in [3.63, 3.8) is 0 Å². The average molecular weight is 341 g/mol. The maximum Gasteiger partial charge on any atom is 0.269 e. The van der Waals surface area contributed by atoms with Gasteiger partial charge in [0.25, 0.3) is 11.6 Å². The summed E-state index contributed by atoms with van der Waals surface area (Å²) in [5.74, 6) is 2.33. The molecule has 1 saturated carbocycles. The van der Waals surface area contributed by atoms with Gasteiger partial charge in [0.15, 0.2) is 0 Å². The normalized spacial score (nSPS) is 28.5. The van der Waals surface area contributed by atoms with E-state index in [1.165, 1.54) is 25.0 Å². The third-order valence-corrected chi connectivity index (χ3v) is 5.89. The first-order chi connectivity index (χ1) is 12.1. The second-order valence-electron chi connectivity index (χ2n) is 7.44. The van der Waals surface area contributed by atoms with Crippen LogP contribution in [0.1, 0.15) is 23.2 Å². The summed E-state index contributed by atoms with van der Waals surface area (Å²) in [5.41, 5.74) is 0.540. The Labute approximate surface area is 147 Å². The molecule has 1 heterocycles. The van der Waals surface area contributed by atoms with Gasteiger partial charge in [-0.05, 0) is 42.7 Å². The van der Waals surface area contributed by atoms with E-state index < -0.39 is 4.92 Å². The van der Waals surface area contributed by atoms with Crippen LogP contribution in [0.2, 0.25) is 0 Å². The zero-order valence-electron chi connectivity index (χ0n) is 14.2. The van der Waals surface area contributed by atoms with Gasteiger partial charge in [0, 0.05) is 50.4 Å². The first-order valence-corrected chi connectivity index (χ1v) is 9.04. The molecule has 4 rings (SSSR count). The van der Waals surface area contributed by atoms with E-state index in [9.17, 15) is 14.9 Å². The Morgan fingerprint density at radius 1 is 1.08 bits per heavy atom. The van der Waals surface area contributed by atoms with Gasteiger partial charge in [0.1, 0.15) is 0 Å². The Balaban J connectivity index is 1.30. The SMILES string of the molecule is O=C(c1ccc([N+](=O)[O-])cc1)N1CCN(C[C@H]2C[C@@H]3C=C[C@H]2C3)CC1. The predicted octanol–water partition coefficient (Wildman–Crippen LogP) is 2.56. The molecule has 2 bridgehead atoms. The number of non-ortho nitro benzene ring substituents is 1. The molecule has 3 atom stereocenters. The van der Waals surface area contributed by atoms with Gasteiger partial charge in [-0.1, -0.05) is 12.2 Å². The van der Waals surface area contributed by atoms with E-state index in [1.54, 1.807) is 12.1 Å². The molecule has 3 aliphatic rings. The summed E-state index contributed by atoms with van der Waals surface area (Å²) < 4.78 is 0. The second kappa shape index (κ2) is 6.59. The van der Waals surface area contributed by atoms with Gasteiger partial charge in [-0.25, -0.2) is 0 Å². The van der Waals surface area contributed by atoms with Crippen molar-refractivity contribution in [1.29, 1.82) is 0 Å². The summed E-state index contributed by atoms with van der Waals surface area (Å²) in [5, 5.41) is 10.7. The molecule has 0 spiro atoms. The molecule has 132 valence electrons. The Bertz CT molecular complexity index is 692. The van der Waals surface area contributed by atoms with Crippen molar-refractivity contribution < 1.29 is 9.72 Å². The van der Waals surface area contributed by atoms with E-state index in [4.69, 9.17) is 0 Å². The third kappa shape index (κ3) is 3.31. The van der Waals surface area contributed by atoms with E-state index in [2.05, 4.69) is 17.1 Å². The second-order valence-corrected chi connectivity index (χ2v) is 7.44. The Morgan fingerprint density at radius 2 is 1.80 bits per heavy atom. The zero-order valence-corrected chi connectivity index (χ0v) is 14.2. The number of nitro groups is 1. The molecule has 1 aromatic rings. The molecule has 6 heteroatoms. The van der Waals surface area contributed by atoms with E-state index in [0.29, 0.717) is 5.56 Å². The highest BCUT2D eigenvalue weighted by Crippen LogP contribution is 2.43. The van der Waals surface area contributed by atoms with Crippen LogP contribution in [0.5, 0.6) is 0 Å². The summed E-state index contributed by atoms with van der Waals surface area (Å²) >= 11 is 0. The van der Waals surface area contributed by atoms with E-state index in [1.807, 2.05) is 4.90 Å². The van der Waals surface area contributed by atoms with Crippen LogP contribution in [-0.4, -0.2) is 53.4 Å². The van der Waals surface area contributed by atoms with Crippen LogP contribution in [0.4, 0.5) is 5.69 Å². The minimum absolute atomic E-state index is 0.0151. The van der Waals surface area contributed by atoms with Crippen molar-refractivity contribution in [2.24, 2.45) is 17.8 Å². The van der Waals surface area contributed by atoms with Crippen LogP contribution < -0.4 is 0 Å². The fourth-order valence-electron chi connectivity index (χ4n) is 4.48. The molecule has 25 heavy (non-hydrogen) atoms. The minimum Gasteiger partial charge on any atom is -0.336 e. The van der Waals surface area contributed by atoms with Crippen molar-refractivity contribution in [3.8, 4) is 0 Å². The number of nitro benzene ring substituents is 1. The molecule has 0 aromatic heterocycles. The fraction of sp³-hybridized carbons (Fsp3) is 0.526. The van der Waals surface area contributed by atoms with Crippen LogP contribution in [0.3, 0.4) is 0 Å². The summed E-state index contributed by atoms with van der Waals surface area (Å²) in [6.45, 7) is 4.43. The number of hydrogen-bond acceptors (Lipinski definition) is 4. The monoisotopic (exact) mass is 341 g/mol. The van der Waals surface area contributed by atoms with Crippen molar-refractivity contribution in [2.45, 2.75) is 12.8 Å². The molecule has 2 aliphatic carbocycles. The topological polar surface area (TPSA) is 66.7 Å². The van der Waals surface area contributed by atoms with Crippen LogP contribution in [0.25, 0.3) is 0 Å². The van der Waals surface area contributed by atoms with Crippen molar-refractivity contribution >= 4 is 11.6 Å². The Kier molecular flexibility index (Phi) is 4.29. The molecule has 0 radical (unpaired) electrons. The Morgan fingerprint density at radius 3 is 2.36 bits per heavy atom. The lowest BCUT2D eigenvalue weighted by molar-refractivity contribution is -0.384. The number of nitrogens with zero attached hydrogens (tertiary/aromatic N) is 3. The number of benzene rings is 1. The molecule has 0 unspecified atom stereocenters. The summed E-state index contributed by atoms with van der Waals surface area (Å²) in [6, 6.07) is 5.89. The highest BCUT2D eigenvalue weighted by Gasteiger charge is 2.36. The lowest BCUT2D eigenvalue weighted by atomic mass is 9.93. The number of hydrogen-bond donors (Lipinski definition) is 0. The van der Waals surface area contributed by atoms with Crippen molar-refractivity contribution in [2.75, 3.05) is 32.7 Å². The highest BCUT2D eigenvalue weighted by atomic mass is 16.6. The number of piperazine rings is 1. The number of fused-ring (bicyclic) bond motifs is 2. The van der Waals surface area contributed by atoms with E-state index in [0.717, 1.165) is 50.5 Å². The van der Waals surface area contributed by atoms with Gasteiger partial charge >= 0.3 is 0 Å². The maximum atomic E-state index is 12.6. The number of allylic oxidation sites excluding steroid dienone is 2. The average Bonchev–Trinajstić information content (AvgIpc) is 3.25. The molecular weight excluding hydrogens is 318 g/mol. The molecule has 2 fully saturated rings. The number of carbonyl (C=O) groups excluding carboxylic acids is 1. The molecule has 1 amide bonds. The number of carbonyl (C=O) groups is 1. The van der Waals surface area contributed by atoms with Crippen LogP contribution in [0, 0.1) is 27.9 Å². The summed E-state index contributed by atoms with van der Waals surface area (Å²) in [6.07, 6.45) is 7.43. The van der Waals surface area contributed by atoms with Crippen molar-refractivity contribution in [3.05, 3.63) is 52.1 Å². The zero-order chi connectivity index (χ0) is 17.4. The van der Waals surface area contributed by atoms with Gasteiger partial charge < -0.3 is 4.90 Å². The quantitative estimate of drug-likeness (QED) is 0.480. The minimum atomic E-state index is -0.447. The summed E-state index contributed by atoms with van der Waals surface area (Å²) in [7, 11) is 0. The highest BCUT2D eigenvalue weighted by molar-refractivity contribution is 5.94. The third-order valence-electron chi connectivity index (χ3n) is 5.89. The lowest BCUT2D eigenvalue weighted by Gasteiger charge is -2.37. The predicted molar refractivity (Wildman–Crippen MR) is 94.3 cm³/mol. The van der Waals surface area contributed by atoms with Crippen LogP contribution in [0.15, 0.2) is 36.4 Å². The first kappa shape index (κ1) is 16.3. The first-order valence-electron chi connectivity index (χ1n) is 9.04. The maximum absolute atomic E-state index is 12.6. The molecular formula is C19H23N3O3. The van der Waals surface area contributed by atoms with Gasteiger partial charge in [0.2, 0.25) is 0 Å². The lowest BCUT2D eigenvalue weighted by Crippen LogP contribution is -2.50. The number of amides is 1. The van der Waals surface area contributed by atoms with E-state index >= 15 is 0 Å². The molecule has 1 aliphatic heterocycles. The van der Waals surface area contributed by atoms with Gasteiger partial charge in [-0.15, -0.1) is 0 Å². The van der Waals surface area contributed by atoms with Crippen LogP contribution in [-0.2, 0) is 0 Å². The number of rotatable bonds is 4. The van der Waals surface area contributed by atoms with Gasteiger partial charge in [-0.3, -0.25) is 19.8 Å². The largest absolute Gasteiger partial charge is 0.336 e. The molecule has 1 saturated heterocycles. The molecule has 1 aromatic carbocycles. The van der Waals surface area contributed by atoms with Gasteiger partial charge in [0.05, 0.1) is 4.92 Å². The standard InChI is InChI=1S/C19H23N3O3/c23-19(15-3-5-18(6-4-15)22(24)25)21-9-7-20(8-10-21)13-17-12-14-1-2-16(17)11-14/h1-6,14,16-17H,7-13H2/t14-,16+,17-/m1/s1. The van der Waals surface area contributed by atoms with E-state index in [-0.39, 0.29) is 11.6 Å². The Hall–Kier alpha value is -2.21. The van der Waals surface area contributed by atoms with Crippen molar-refractivity contribution in [1.82, 2.24) is 9.80 Å². The van der Waals surface area contributed by atoms with Gasteiger partial charge in [-0.2, -0.15) is 0 Å².